The maximum absolute atomic E-state index is 12.7. The van der Waals surface area contributed by atoms with Crippen LogP contribution in [-0.4, -0.2) is 12.1 Å². The minimum Gasteiger partial charge on any atom is -0.497 e. The molecule has 1 aromatic heterocycles. The average molecular weight is 321 g/mol. The molecule has 0 atom stereocenters. The predicted octanol–water partition coefficient (Wildman–Crippen LogP) is 4.79. The molecule has 0 aliphatic carbocycles. The number of pyridine rings is 1. The molecule has 2 nitrogen and oxygen atoms in total. The van der Waals surface area contributed by atoms with Crippen molar-refractivity contribution in [1.29, 1.82) is 0 Å². The van der Waals surface area contributed by atoms with Gasteiger partial charge in [-0.2, -0.15) is 26.3 Å². The molecule has 0 N–H and O–H groups in total. The number of hydrogen-bond donors (Lipinski definition) is 0. The Bertz CT molecular complexity index is 628. The van der Waals surface area contributed by atoms with Crippen LogP contribution in [0.1, 0.15) is 11.4 Å². The van der Waals surface area contributed by atoms with Gasteiger partial charge in [0.15, 0.2) is 0 Å². The van der Waals surface area contributed by atoms with Gasteiger partial charge < -0.3 is 4.74 Å². The van der Waals surface area contributed by atoms with E-state index in [0.717, 1.165) is 0 Å². The van der Waals surface area contributed by atoms with Gasteiger partial charge in [-0.3, -0.25) is 0 Å². The lowest BCUT2D eigenvalue weighted by Gasteiger charge is -2.13. The van der Waals surface area contributed by atoms with Crippen molar-refractivity contribution in [3.63, 3.8) is 0 Å². The Balaban J connectivity index is 2.59. The standard InChI is InChI=1S/C14H9F6NO/c1-22-10-4-2-8(3-5-10)9-6-11(13(15,16)17)21-12(7-9)14(18,19)20/h2-7H,1H3. The van der Waals surface area contributed by atoms with Crippen LogP contribution < -0.4 is 4.74 Å². The molecule has 0 aliphatic heterocycles. The molecule has 0 saturated carbocycles. The molecule has 0 radical (unpaired) electrons. The van der Waals surface area contributed by atoms with Crippen LogP contribution in [0, 0.1) is 0 Å². The van der Waals surface area contributed by atoms with Crippen LogP contribution in [0.2, 0.25) is 0 Å². The van der Waals surface area contributed by atoms with Gasteiger partial charge in [-0.15, -0.1) is 0 Å². The van der Waals surface area contributed by atoms with Crippen molar-refractivity contribution in [1.82, 2.24) is 4.98 Å². The van der Waals surface area contributed by atoms with E-state index >= 15 is 0 Å². The third-order valence-electron chi connectivity index (χ3n) is 2.83. The van der Waals surface area contributed by atoms with Crippen LogP contribution in [0.25, 0.3) is 11.1 Å². The Morgan fingerprint density at radius 2 is 1.23 bits per heavy atom. The number of benzene rings is 1. The fourth-order valence-electron chi connectivity index (χ4n) is 1.77. The van der Waals surface area contributed by atoms with Crippen molar-refractivity contribution >= 4 is 0 Å². The van der Waals surface area contributed by atoms with Crippen LogP contribution in [-0.2, 0) is 12.4 Å². The Morgan fingerprint density at radius 1 is 0.773 bits per heavy atom. The Labute approximate surface area is 121 Å². The summed E-state index contributed by atoms with van der Waals surface area (Å²) in [6, 6.07) is 6.78. The zero-order valence-electron chi connectivity index (χ0n) is 11.1. The molecule has 0 aliphatic rings. The number of rotatable bonds is 2. The number of ether oxygens (including phenoxy) is 1. The summed E-state index contributed by atoms with van der Waals surface area (Å²) in [6.07, 6.45) is -9.94. The fraction of sp³-hybridized carbons (Fsp3) is 0.214. The lowest BCUT2D eigenvalue weighted by molar-refractivity contribution is -0.150. The van der Waals surface area contributed by atoms with E-state index in [0.29, 0.717) is 17.9 Å². The summed E-state index contributed by atoms with van der Waals surface area (Å²) in [5, 5.41) is 0. The van der Waals surface area contributed by atoms with Gasteiger partial charge in [0.2, 0.25) is 0 Å². The first kappa shape index (κ1) is 16.1. The van der Waals surface area contributed by atoms with Crippen molar-refractivity contribution in [3.8, 4) is 16.9 Å². The van der Waals surface area contributed by atoms with Gasteiger partial charge in [-0.1, -0.05) is 12.1 Å². The normalized spacial score (nSPS) is 12.3. The van der Waals surface area contributed by atoms with Crippen molar-refractivity contribution in [2.75, 3.05) is 7.11 Å². The number of methoxy groups -OCH3 is 1. The van der Waals surface area contributed by atoms with Gasteiger partial charge in [-0.05, 0) is 35.4 Å². The summed E-state index contributed by atoms with van der Waals surface area (Å²) in [7, 11) is 1.39. The molecule has 118 valence electrons. The molecule has 0 amide bonds. The molecule has 1 heterocycles. The molecule has 0 bridgehead atoms. The SMILES string of the molecule is COc1ccc(-c2cc(C(F)(F)F)nc(C(F)(F)F)c2)cc1. The van der Waals surface area contributed by atoms with Crippen LogP contribution >= 0.6 is 0 Å². The molecule has 1 aromatic carbocycles. The zero-order valence-corrected chi connectivity index (χ0v) is 11.1. The predicted molar refractivity (Wildman–Crippen MR) is 66.2 cm³/mol. The molecule has 0 unspecified atom stereocenters. The van der Waals surface area contributed by atoms with E-state index < -0.39 is 23.7 Å². The van der Waals surface area contributed by atoms with E-state index in [4.69, 9.17) is 4.74 Å². The van der Waals surface area contributed by atoms with E-state index in [2.05, 4.69) is 4.98 Å². The Morgan fingerprint density at radius 3 is 1.59 bits per heavy atom. The van der Waals surface area contributed by atoms with Crippen LogP contribution in [0.3, 0.4) is 0 Å². The minimum absolute atomic E-state index is 0.194. The number of aromatic nitrogens is 1. The zero-order chi connectivity index (χ0) is 16.5. The molecule has 0 spiro atoms. The molecule has 0 saturated heterocycles. The minimum atomic E-state index is -4.97. The number of halogens is 6. The average Bonchev–Trinajstić information content (AvgIpc) is 2.45. The van der Waals surface area contributed by atoms with Crippen LogP contribution in [0.4, 0.5) is 26.3 Å². The van der Waals surface area contributed by atoms with Gasteiger partial charge in [0.05, 0.1) is 7.11 Å². The Hall–Kier alpha value is -2.25. The molecule has 2 aromatic rings. The highest BCUT2D eigenvalue weighted by Crippen LogP contribution is 2.36. The second-order valence-corrected chi connectivity index (χ2v) is 4.35. The van der Waals surface area contributed by atoms with Gasteiger partial charge in [-0.25, -0.2) is 4.98 Å². The topological polar surface area (TPSA) is 22.1 Å². The highest BCUT2D eigenvalue weighted by atomic mass is 19.4. The van der Waals surface area contributed by atoms with E-state index in [1.807, 2.05) is 0 Å². The molecule has 22 heavy (non-hydrogen) atoms. The van der Waals surface area contributed by atoms with Gasteiger partial charge in [0.1, 0.15) is 17.1 Å². The summed E-state index contributed by atoms with van der Waals surface area (Å²) in [5.41, 5.74) is -3.21. The van der Waals surface area contributed by atoms with Crippen molar-refractivity contribution < 1.29 is 31.1 Å². The molecular weight excluding hydrogens is 312 g/mol. The first-order chi connectivity index (χ1) is 10.1. The lowest BCUT2D eigenvalue weighted by Crippen LogP contribution is -2.15. The van der Waals surface area contributed by atoms with Gasteiger partial charge in [0, 0.05) is 0 Å². The second-order valence-electron chi connectivity index (χ2n) is 4.35. The van der Waals surface area contributed by atoms with Gasteiger partial charge >= 0.3 is 12.4 Å². The van der Waals surface area contributed by atoms with Crippen molar-refractivity contribution in [2.24, 2.45) is 0 Å². The monoisotopic (exact) mass is 321 g/mol. The lowest BCUT2D eigenvalue weighted by atomic mass is 10.0. The maximum atomic E-state index is 12.7. The largest absolute Gasteiger partial charge is 0.497 e. The highest BCUT2D eigenvalue weighted by Gasteiger charge is 2.38. The van der Waals surface area contributed by atoms with E-state index in [1.54, 1.807) is 0 Å². The summed E-state index contributed by atoms with van der Waals surface area (Å²) >= 11 is 0. The number of hydrogen-bond acceptors (Lipinski definition) is 2. The fourth-order valence-corrected chi connectivity index (χ4v) is 1.77. The van der Waals surface area contributed by atoms with Crippen molar-refractivity contribution in [3.05, 3.63) is 47.8 Å². The highest BCUT2D eigenvalue weighted by molar-refractivity contribution is 5.65. The third-order valence-corrected chi connectivity index (χ3v) is 2.83. The molecular formula is C14H9F6NO. The summed E-state index contributed by atoms with van der Waals surface area (Å²) < 4.78 is 81.2. The smallest absolute Gasteiger partial charge is 0.433 e. The van der Waals surface area contributed by atoms with E-state index in [9.17, 15) is 26.3 Å². The van der Waals surface area contributed by atoms with Crippen molar-refractivity contribution in [2.45, 2.75) is 12.4 Å². The first-order valence-corrected chi connectivity index (χ1v) is 5.92. The first-order valence-electron chi connectivity index (χ1n) is 5.92. The van der Waals surface area contributed by atoms with Crippen LogP contribution in [0.15, 0.2) is 36.4 Å². The van der Waals surface area contributed by atoms with Gasteiger partial charge in [0.25, 0.3) is 0 Å². The quantitative estimate of drug-likeness (QED) is 0.742. The van der Waals surface area contributed by atoms with E-state index in [-0.39, 0.29) is 11.1 Å². The molecule has 8 heteroatoms. The number of alkyl halides is 6. The number of nitrogens with zero attached hydrogens (tertiary/aromatic N) is 1. The molecule has 2 rings (SSSR count). The summed E-state index contributed by atoms with van der Waals surface area (Å²) in [6.45, 7) is 0. The third kappa shape index (κ3) is 3.49. The second kappa shape index (κ2) is 5.51. The Kier molecular flexibility index (Phi) is 4.04. The van der Waals surface area contributed by atoms with Crippen LogP contribution in [0.5, 0.6) is 5.75 Å². The maximum Gasteiger partial charge on any atom is 0.433 e. The summed E-state index contributed by atoms with van der Waals surface area (Å²) in [4.78, 5) is 2.66. The summed E-state index contributed by atoms with van der Waals surface area (Å²) in [5.74, 6) is 0.435. The molecule has 0 fully saturated rings. The van der Waals surface area contributed by atoms with E-state index in [1.165, 1.54) is 31.4 Å².